The van der Waals surface area contributed by atoms with Gasteiger partial charge in [0, 0.05) is 26.2 Å². The summed E-state index contributed by atoms with van der Waals surface area (Å²) >= 11 is 0. The Morgan fingerprint density at radius 3 is 2.38 bits per heavy atom. The lowest BCUT2D eigenvalue weighted by Crippen LogP contribution is -2.49. The normalized spacial score (nSPS) is 15.3. The number of aromatic nitrogens is 5. The van der Waals surface area contributed by atoms with Crippen LogP contribution in [0.1, 0.15) is 5.56 Å². The molecule has 0 bridgehead atoms. The number of hydrogen-bond donors (Lipinski definition) is 0. The van der Waals surface area contributed by atoms with Crippen LogP contribution in [0, 0.1) is 5.82 Å². The summed E-state index contributed by atoms with van der Waals surface area (Å²) in [5.41, 5.74) is 2.25. The lowest BCUT2D eigenvalue weighted by atomic mass is 10.2. The standard InChI is InChI=1S/C21H20FN7O2S/c22-17-8-4-5-9-18(17)32(30,31)28-12-10-27(11-13-28)20-19-21(24-15-23-20)29(26-25-19)14-16-6-2-1-3-7-16/h1-9,15H,10-14H2. The molecule has 0 spiro atoms. The first-order valence-electron chi connectivity index (χ1n) is 10.1. The summed E-state index contributed by atoms with van der Waals surface area (Å²) < 4.78 is 42.8. The highest BCUT2D eigenvalue weighted by atomic mass is 32.2. The lowest BCUT2D eigenvalue weighted by Gasteiger charge is -2.34. The van der Waals surface area contributed by atoms with Crippen molar-refractivity contribution < 1.29 is 12.8 Å². The highest BCUT2D eigenvalue weighted by Crippen LogP contribution is 2.25. The van der Waals surface area contributed by atoms with Gasteiger partial charge >= 0.3 is 0 Å². The molecule has 164 valence electrons. The van der Waals surface area contributed by atoms with E-state index in [0.29, 0.717) is 36.6 Å². The Morgan fingerprint density at radius 1 is 0.906 bits per heavy atom. The number of fused-ring (bicyclic) bond motifs is 1. The smallest absolute Gasteiger partial charge is 0.246 e. The largest absolute Gasteiger partial charge is 0.352 e. The van der Waals surface area contributed by atoms with Crippen LogP contribution < -0.4 is 4.90 Å². The average Bonchev–Trinajstić information content (AvgIpc) is 3.23. The van der Waals surface area contributed by atoms with Crippen molar-refractivity contribution in [2.24, 2.45) is 0 Å². The molecule has 1 fully saturated rings. The van der Waals surface area contributed by atoms with Crippen molar-refractivity contribution in [1.29, 1.82) is 0 Å². The van der Waals surface area contributed by atoms with Gasteiger partial charge in [0.05, 0.1) is 6.54 Å². The van der Waals surface area contributed by atoms with Gasteiger partial charge in [0.25, 0.3) is 0 Å². The second kappa shape index (κ2) is 8.24. The van der Waals surface area contributed by atoms with Crippen LogP contribution in [0.5, 0.6) is 0 Å². The van der Waals surface area contributed by atoms with Gasteiger partial charge in [0.15, 0.2) is 17.0 Å². The highest BCUT2D eigenvalue weighted by molar-refractivity contribution is 7.89. The summed E-state index contributed by atoms with van der Waals surface area (Å²) in [4.78, 5) is 10.4. The summed E-state index contributed by atoms with van der Waals surface area (Å²) in [6, 6.07) is 15.3. The van der Waals surface area contributed by atoms with Crippen LogP contribution in [0.2, 0.25) is 0 Å². The minimum Gasteiger partial charge on any atom is -0.352 e. The van der Waals surface area contributed by atoms with E-state index in [9.17, 15) is 12.8 Å². The van der Waals surface area contributed by atoms with Crippen LogP contribution in [0.25, 0.3) is 11.2 Å². The van der Waals surface area contributed by atoms with E-state index in [-0.39, 0.29) is 18.0 Å². The molecule has 0 radical (unpaired) electrons. The van der Waals surface area contributed by atoms with E-state index in [1.54, 1.807) is 4.68 Å². The Hall–Kier alpha value is -3.44. The molecule has 0 unspecified atom stereocenters. The predicted molar refractivity (Wildman–Crippen MR) is 116 cm³/mol. The Kier molecular flexibility index (Phi) is 5.27. The molecule has 0 atom stereocenters. The summed E-state index contributed by atoms with van der Waals surface area (Å²) in [5, 5.41) is 8.52. The monoisotopic (exact) mass is 453 g/mol. The molecule has 2 aromatic carbocycles. The van der Waals surface area contributed by atoms with Crippen LogP contribution in [0.3, 0.4) is 0 Å². The molecular weight excluding hydrogens is 433 g/mol. The molecule has 0 saturated carbocycles. The Labute approximate surface area is 184 Å². The van der Waals surface area contributed by atoms with Gasteiger partial charge in [-0.3, -0.25) is 0 Å². The first-order valence-corrected chi connectivity index (χ1v) is 11.6. The number of anilines is 1. The molecule has 4 aromatic rings. The van der Waals surface area contributed by atoms with E-state index in [1.807, 2.05) is 35.2 Å². The molecule has 1 aliphatic heterocycles. The summed E-state index contributed by atoms with van der Waals surface area (Å²) in [6.07, 6.45) is 1.46. The van der Waals surface area contributed by atoms with E-state index in [1.165, 1.54) is 28.8 Å². The SMILES string of the molecule is O=S(=O)(c1ccccc1F)N1CCN(c2ncnc3c2nnn3Cc2ccccc2)CC1. The zero-order valence-corrected chi connectivity index (χ0v) is 17.9. The summed E-state index contributed by atoms with van der Waals surface area (Å²) in [7, 11) is -3.90. The van der Waals surface area contributed by atoms with Gasteiger partial charge in [0.2, 0.25) is 10.0 Å². The molecule has 9 nitrogen and oxygen atoms in total. The van der Waals surface area contributed by atoms with Gasteiger partial charge in [-0.15, -0.1) is 5.10 Å². The third-order valence-corrected chi connectivity index (χ3v) is 7.38. The first kappa shape index (κ1) is 20.5. The van der Waals surface area contributed by atoms with Crippen LogP contribution in [-0.2, 0) is 16.6 Å². The average molecular weight is 454 g/mol. The van der Waals surface area contributed by atoms with Crippen molar-refractivity contribution >= 4 is 27.0 Å². The quantitative estimate of drug-likeness (QED) is 0.455. The van der Waals surface area contributed by atoms with Gasteiger partial charge < -0.3 is 4.90 Å². The fraction of sp³-hybridized carbons (Fsp3) is 0.238. The van der Waals surface area contributed by atoms with E-state index in [0.717, 1.165) is 11.6 Å². The first-order chi connectivity index (χ1) is 15.5. The fourth-order valence-corrected chi connectivity index (χ4v) is 5.29. The second-order valence-corrected chi connectivity index (χ2v) is 9.33. The van der Waals surface area contributed by atoms with Crippen LogP contribution >= 0.6 is 0 Å². The van der Waals surface area contributed by atoms with Crippen molar-refractivity contribution in [3.8, 4) is 0 Å². The van der Waals surface area contributed by atoms with Gasteiger partial charge in [-0.05, 0) is 17.7 Å². The minimum absolute atomic E-state index is 0.209. The Bertz CT molecular complexity index is 1350. The molecular formula is C21H20FN7O2S. The van der Waals surface area contributed by atoms with E-state index < -0.39 is 15.8 Å². The van der Waals surface area contributed by atoms with Crippen LogP contribution in [0.4, 0.5) is 10.2 Å². The fourth-order valence-electron chi connectivity index (χ4n) is 3.81. The topological polar surface area (TPSA) is 97.1 Å². The third kappa shape index (κ3) is 3.69. The molecule has 0 aliphatic carbocycles. The predicted octanol–water partition coefficient (Wildman–Crippen LogP) is 1.92. The third-order valence-electron chi connectivity index (χ3n) is 5.45. The molecule has 11 heteroatoms. The van der Waals surface area contributed by atoms with Crippen molar-refractivity contribution in [3.05, 3.63) is 72.3 Å². The summed E-state index contributed by atoms with van der Waals surface area (Å²) in [5.74, 6) is -0.139. The maximum Gasteiger partial charge on any atom is 0.246 e. The van der Waals surface area contributed by atoms with Gasteiger partial charge in [-0.2, -0.15) is 4.31 Å². The molecule has 1 saturated heterocycles. The molecule has 5 rings (SSSR count). The number of benzene rings is 2. The number of sulfonamides is 1. The van der Waals surface area contributed by atoms with Crippen molar-refractivity contribution in [3.63, 3.8) is 0 Å². The zero-order chi connectivity index (χ0) is 22.1. The second-order valence-electron chi connectivity index (χ2n) is 7.42. The zero-order valence-electron chi connectivity index (χ0n) is 17.0. The van der Waals surface area contributed by atoms with E-state index >= 15 is 0 Å². The number of halogens is 1. The van der Waals surface area contributed by atoms with Crippen LogP contribution in [-0.4, -0.2) is 63.9 Å². The molecule has 3 heterocycles. The molecule has 0 N–H and O–H groups in total. The molecule has 1 aliphatic rings. The number of nitrogens with zero attached hydrogens (tertiary/aromatic N) is 7. The van der Waals surface area contributed by atoms with Crippen molar-refractivity contribution in [2.45, 2.75) is 11.4 Å². The highest BCUT2D eigenvalue weighted by Gasteiger charge is 2.31. The lowest BCUT2D eigenvalue weighted by molar-refractivity contribution is 0.381. The van der Waals surface area contributed by atoms with Gasteiger partial charge in [-0.25, -0.2) is 27.5 Å². The van der Waals surface area contributed by atoms with Crippen molar-refractivity contribution in [1.82, 2.24) is 29.3 Å². The van der Waals surface area contributed by atoms with Crippen LogP contribution in [0.15, 0.2) is 65.8 Å². The summed E-state index contributed by atoms with van der Waals surface area (Å²) in [6.45, 7) is 1.74. The minimum atomic E-state index is -3.90. The molecule has 0 amide bonds. The van der Waals surface area contributed by atoms with E-state index in [4.69, 9.17) is 0 Å². The van der Waals surface area contributed by atoms with E-state index in [2.05, 4.69) is 20.3 Å². The Balaban J connectivity index is 1.36. The number of piperazine rings is 1. The van der Waals surface area contributed by atoms with Gasteiger partial charge in [-0.1, -0.05) is 47.7 Å². The Morgan fingerprint density at radius 2 is 1.62 bits per heavy atom. The van der Waals surface area contributed by atoms with Crippen molar-refractivity contribution in [2.75, 3.05) is 31.1 Å². The molecule has 2 aromatic heterocycles. The maximum atomic E-state index is 14.1. The maximum absolute atomic E-state index is 14.1. The number of hydrogen-bond acceptors (Lipinski definition) is 7. The number of rotatable bonds is 5. The van der Waals surface area contributed by atoms with Gasteiger partial charge in [0.1, 0.15) is 17.0 Å². The molecule has 32 heavy (non-hydrogen) atoms.